The van der Waals surface area contributed by atoms with E-state index in [1.54, 1.807) is 7.05 Å². The first-order chi connectivity index (χ1) is 12.2. The largest absolute Gasteiger partial charge is 0.492 e. The molecule has 0 fully saturated rings. The third kappa shape index (κ3) is 12.5. The lowest BCUT2D eigenvalue weighted by molar-refractivity contribution is -0.121. The average molecular weight is 491 g/mol. The molecule has 1 aromatic carbocycles. The van der Waals surface area contributed by atoms with E-state index in [0.29, 0.717) is 19.1 Å². The van der Waals surface area contributed by atoms with Gasteiger partial charge in [0.1, 0.15) is 12.4 Å². The van der Waals surface area contributed by atoms with Crippen LogP contribution in [0.1, 0.15) is 26.3 Å². The summed E-state index contributed by atoms with van der Waals surface area (Å²) >= 11 is 0. The molecule has 0 saturated heterocycles. The summed E-state index contributed by atoms with van der Waals surface area (Å²) in [5, 5.41) is 9.12. The molecular formula is C19H34IN5O2. The number of halogens is 1. The number of benzene rings is 1. The van der Waals surface area contributed by atoms with Gasteiger partial charge in [-0.1, -0.05) is 12.1 Å². The maximum absolute atomic E-state index is 11.9. The minimum Gasteiger partial charge on any atom is -0.492 e. The van der Waals surface area contributed by atoms with Gasteiger partial charge >= 0.3 is 0 Å². The second-order valence-corrected chi connectivity index (χ2v) is 7.38. The molecule has 0 aliphatic rings. The quantitative estimate of drug-likeness (QED) is 0.294. The van der Waals surface area contributed by atoms with E-state index in [1.807, 2.05) is 59.1 Å². The van der Waals surface area contributed by atoms with E-state index in [1.165, 1.54) is 0 Å². The first-order valence-corrected chi connectivity index (χ1v) is 8.81. The molecule has 1 rings (SSSR count). The van der Waals surface area contributed by atoms with Crippen LogP contribution in [0.5, 0.6) is 5.75 Å². The molecule has 7 nitrogen and oxygen atoms in total. The van der Waals surface area contributed by atoms with E-state index in [-0.39, 0.29) is 42.0 Å². The number of aliphatic imine (C=N–C) groups is 1. The van der Waals surface area contributed by atoms with E-state index >= 15 is 0 Å². The summed E-state index contributed by atoms with van der Waals surface area (Å²) in [7, 11) is 5.71. The molecule has 154 valence electrons. The van der Waals surface area contributed by atoms with Crippen LogP contribution in [0, 0.1) is 0 Å². The lowest BCUT2D eigenvalue weighted by atomic mass is 10.1. The monoisotopic (exact) mass is 491 g/mol. The number of guanidine groups is 1. The van der Waals surface area contributed by atoms with E-state index < -0.39 is 0 Å². The second kappa shape index (κ2) is 12.8. The Hall–Kier alpha value is -1.55. The average Bonchev–Trinajstić information content (AvgIpc) is 2.53. The highest BCUT2D eigenvalue weighted by Gasteiger charge is 2.13. The molecule has 3 N–H and O–H groups in total. The minimum atomic E-state index is -0.247. The summed E-state index contributed by atoms with van der Waals surface area (Å²) in [6.45, 7) is 8.13. The number of hydrogen-bond acceptors (Lipinski definition) is 4. The normalized spacial score (nSPS) is 11.6. The van der Waals surface area contributed by atoms with Gasteiger partial charge in [0.25, 0.3) is 0 Å². The summed E-state index contributed by atoms with van der Waals surface area (Å²) in [5.41, 5.74) is 0.831. The van der Waals surface area contributed by atoms with Gasteiger partial charge in [0.15, 0.2) is 5.96 Å². The van der Waals surface area contributed by atoms with Gasteiger partial charge in [-0.25, -0.2) is 0 Å². The maximum atomic E-state index is 11.9. The van der Waals surface area contributed by atoms with Gasteiger partial charge in [0, 0.05) is 25.7 Å². The van der Waals surface area contributed by atoms with E-state index in [9.17, 15) is 4.79 Å². The van der Waals surface area contributed by atoms with Crippen molar-refractivity contribution in [1.82, 2.24) is 20.9 Å². The molecule has 0 atom stereocenters. The highest BCUT2D eigenvalue weighted by Crippen LogP contribution is 2.13. The standard InChI is InChI=1S/C19H33N5O2.HI/c1-19(2,3)23-17(25)14-22-18(20-4)21-13-15-8-7-9-16(12-15)26-11-10-24(5)6;/h7-9,12H,10-11,13-14H2,1-6H3,(H,23,25)(H2,20,21,22);1H. The van der Waals surface area contributed by atoms with Crippen LogP contribution in [0.25, 0.3) is 0 Å². The van der Waals surface area contributed by atoms with E-state index in [2.05, 4.69) is 25.8 Å². The lowest BCUT2D eigenvalue weighted by Gasteiger charge is -2.21. The van der Waals surface area contributed by atoms with Crippen LogP contribution in [0.4, 0.5) is 0 Å². The number of hydrogen-bond donors (Lipinski definition) is 3. The van der Waals surface area contributed by atoms with Crippen LogP contribution >= 0.6 is 24.0 Å². The third-order valence-corrected chi connectivity index (χ3v) is 3.32. The second-order valence-electron chi connectivity index (χ2n) is 7.38. The molecule has 0 aliphatic heterocycles. The first kappa shape index (κ1) is 25.4. The van der Waals surface area contributed by atoms with Crippen molar-refractivity contribution in [3.63, 3.8) is 0 Å². The topological polar surface area (TPSA) is 78.0 Å². The molecule has 0 heterocycles. The molecule has 0 spiro atoms. The van der Waals surface area contributed by atoms with Crippen molar-refractivity contribution in [2.75, 3.05) is 40.8 Å². The zero-order chi connectivity index (χ0) is 19.6. The van der Waals surface area contributed by atoms with Crippen molar-refractivity contribution in [1.29, 1.82) is 0 Å². The van der Waals surface area contributed by atoms with E-state index in [0.717, 1.165) is 17.9 Å². The fourth-order valence-electron chi connectivity index (χ4n) is 2.12. The Morgan fingerprint density at radius 1 is 1.22 bits per heavy atom. The molecular weight excluding hydrogens is 457 g/mol. The molecule has 0 unspecified atom stereocenters. The van der Waals surface area contributed by atoms with Crippen molar-refractivity contribution in [2.24, 2.45) is 4.99 Å². The Morgan fingerprint density at radius 3 is 2.52 bits per heavy atom. The number of carbonyl (C=O) groups is 1. The van der Waals surface area contributed by atoms with Gasteiger partial charge in [-0.15, -0.1) is 24.0 Å². The lowest BCUT2D eigenvalue weighted by Crippen LogP contribution is -2.48. The van der Waals surface area contributed by atoms with Gasteiger partial charge in [-0.05, 0) is 52.6 Å². The molecule has 8 heteroatoms. The molecule has 0 saturated carbocycles. The molecule has 27 heavy (non-hydrogen) atoms. The summed E-state index contributed by atoms with van der Waals surface area (Å²) in [4.78, 5) is 18.1. The van der Waals surface area contributed by atoms with Crippen molar-refractivity contribution in [2.45, 2.75) is 32.9 Å². The molecule has 0 radical (unpaired) electrons. The van der Waals surface area contributed by atoms with Crippen LogP contribution < -0.4 is 20.7 Å². The van der Waals surface area contributed by atoms with Crippen molar-refractivity contribution in [3.8, 4) is 5.75 Å². The summed E-state index contributed by atoms with van der Waals surface area (Å²) in [6, 6.07) is 7.94. The maximum Gasteiger partial charge on any atom is 0.239 e. The predicted octanol–water partition coefficient (Wildman–Crippen LogP) is 1.82. The number of rotatable bonds is 8. The number of carbonyl (C=O) groups excluding carboxylic acids is 1. The summed E-state index contributed by atoms with van der Waals surface area (Å²) in [6.07, 6.45) is 0. The van der Waals surface area contributed by atoms with Crippen LogP contribution in [0.3, 0.4) is 0 Å². The van der Waals surface area contributed by atoms with Gasteiger partial charge in [-0.3, -0.25) is 9.79 Å². The molecule has 1 amide bonds. The van der Waals surface area contributed by atoms with Crippen LogP contribution in [0.2, 0.25) is 0 Å². The Labute approximate surface area is 180 Å². The zero-order valence-electron chi connectivity index (χ0n) is 17.3. The number of nitrogens with zero attached hydrogens (tertiary/aromatic N) is 2. The molecule has 0 aromatic heterocycles. The highest BCUT2D eigenvalue weighted by molar-refractivity contribution is 14.0. The van der Waals surface area contributed by atoms with Gasteiger partial charge in [0.05, 0.1) is 6.54 Å². The van der Waals surface area contributed by atoms with Crippen LogP contribution in [-0.4, -0.2) is 63.1 Å². The van der Waals surface area contributed by atoms with Gasteiger partial charge in [0.2, 0.25) is 5.91 Å². The van der Waals surface area contributed by atoms with Crippen LogP contribution in [0.15, 0.2) is 29.3 Å². The SMILES string of the molecule is CN=C(NCC(=O)NC(C)(C)C)NCc1cccc(OCCN(C)C)c1.I. The Kier molecular flexibility index (Phi) is 12.0. The Morgan fingerprint density at radius 2 is 1.93 bits per heavy atom. The van der Waals surface area contributed by atoms with Crippen molar-refractivity contribution < 1.29 is 9.53 Å². The Bertz CT molecular complexity index is 600. The minimum absolute atomic E-state index is 0. The fourth-order valence-corrected chi connectivity index (χ4v) is 2.12. The summed E-state index contributed by atoms with van der Waals surface area (Å²) < 4.78 is 5.75. The molecule has 0 aliphatic carbocycles. The van der Waals surface area contributed by atoms with Crippen molar-refractivity contribution in [3.05, 3.63) is 29.8 Å². The zero-order valence-corrected chi connectivity index (χ0v) is 19.6. The van der Waals surface area contributed by atoms with Gasteiger partial charge in [-0.2, -0.15) is 0 Å². The van der Waals surface area contributed by atoms with E-state index in [4.69, 9.17) is 4.74 Å². The fraction of sp³-hybridized carbons (Fsp3) is 0.579. The number of likely N-dealkylation sites (N-methyl/N-ethyl adjacent to an activating group) is 1. The predicted molar refractivity (Wildman–Crippen MR) is 122 cm³/mol. The number of nitrogens with one attached hydrogen (secondary N) is 3. The van der Waals surface area contributed by atoms with Gasteiger partial charge < -0.3 is 25.6 Å². The Balaban J connectivity index is 0.00000676. The molecule has 0 bridgehead atoms. The van der Waals surface area contributed by atoms with Crippen molar-refractivity contribution >= 4 is 35.8 Å². The first-order valence-electron chi connectivity index (χ1n) is 8.81. The number of ether oxygens (including phenoxy) is 1. The highest BCUT2D eigenvalue weighted by atomic mass is 127. The molecule has 1 aromatic rings. The van der Waals surface area contributed by atoms with Crippen LogP contribution in [-0.2, 0) is 11.3 Å². The smallest absolute Gasteiger partial charge is 0.239 e. The third-order valence-electron chi connectivity index (χ3n) is 3.32. The number of amides is 1. The summed E-state index contributed by atoms with van der Waals surface area (Å²) in [5.74, 6) is 1.35.